The lowest BCUT2D eigenvalue weighted by Crippen LogP contribution is -2.35. The Morgan fingerprint density at radius 2 is 0.818 bits per heavy atom. The second-order valence-electron chi connectivity index (χ2n) is 11.6. The van der Waals surface area contributed by atoms with Gasteiger partial charge in [0, 0.05) is 46.5 Å². The van der Waals surface area contributed by atoms with Gasteiger partial charge in [-0.15, -0.1) is 23.5 Å². The summed E-state index contributed by atoms with van der Waals surface area (Å²) in [6.45, 7) is 6.00. The topological polar surface area (TPSA) is 24.1 Å². The highest BCUT2D eigenvalue weighted by atomic mass is 32.2. The molecule has 2 nitrogen and oxygen atoms in total. The fourth-order valence-corrected chi connectivity index (χ4v) is 7.17. The molecule has 0 radical (unpaired) electrons. The fraction of sp³-hybridized carbons (Fsp3) is 0.250. The van der Waals surface area contributed by atoms with Gasteiger partial charge in [0.25, 0.3) is 0 Å². The van der Waals surface area contributed by atoms with E-state index < -0.39 is 0 Å². The van der Waals surface area contributed by atoms with E-state index in [0.29, 0.717) is 12.1 Å². The second kappa shape index (κ2) is 17.3. The van der Waals surface area contributed by atoms with E-state index in [2.05, 4.69) is 158 Å². The van der Waals surface area contributed by atoms with Crippen molar-refractivity contribution in [2.45, 2.75) is 61.7 Å². The van der Waals surface area contributed by atoms with E-state index in [-0.39, 0.29) is 0 Å². The molecule has 0 fully saturated rings. The summed E-state index contributed by atoms with van der Waals surface area (Å²) in [5.41, 5.74) is 8.08. The molecule has 44 heavy (non-hydrogen) atoms. The Kier molecular flexibility index (Phi) is 12.6. The summed E-state index contributed by atoms with van der Waals surface area (Å²) >= 11 is 3.88. The molecule has 0 aliphatic carbocycles. The van der Waals surface area contributed by atoms with E-state index in [0.717, 1.165) is 37.4 Å². The zero-order valence-corrected chi connectivity index (χ0v) is 27.5. The zero-order valence-electron chi connectivity index (χ0n) is 25.9. The molecule has 2 atom stereocenters. The van der Waals surface area contributed by atoms with Gasteiger partial charge in [0.2, 0.25) is 0 Å². The molecule has 4 heteroatoms. The summed E-state index contributed by atoms with van der Waals surface area (Å²) in [5, 5.41) is 7.86. The number of benzene rings is 5. The van der Waals surface area contributed by atoms with Crippen LogP contribution in [0.1, 0.15) is 33.4 Å². The molecule has 0 amide bonds. The molecule has 0 aromatic heterocycles. The molecule has 0 heterocycles. The molecule has 0 saturated carbocycles. The largest absolute Gasteiger partial charge is 0.309 e. The molecule has 2 N–H and O–H groups in total. The van der Waals surface area contributed by atoms with E-state index in [4.69, 9.17) is 0 Å². The van der Waals surface area contributed by atoms with Crippen LogP contribution in [-0.4, -0.2) is 23.6 Å². The third-order valence-electron chi connectivity index (χ3n) is 7.87. The lowest BCUT2D eigenvalue weighted by Gasteiger charge is -2.22. The fourth-order valence-electron chi connectivity index (χ4n) is 5.25. The van der Waals surface area contributed by atoms with Crippen LogP contribution >= 0.6 is 23.5 Å². The highest BCUT2D eigenvalue weighted by Gasteiger charge is 2.14. The molecule has 0 aliphatic rings. The lowest BCUT2D eigenvalue weighted by atomic mass is 10.0. The third-order valence-corrected chi connectivity index (χ3v) is 10.2. The molecule has 5 rings (SSSR count). The predicted octanol–water partition coefficient (Wildman–Crippen LogP) is 9.29. The van der Waals surface area contributed by atoms with Gasteiger partial charge in [-0.25, -0.2) is 0 Å². The zero-order chi connectivity index (χ0) is 30.4. The average molecular weight is 617 g/mol. The van der Waals surface area contributed by atoms with Crippen LogP contribution in [0.15, 0.2) is 143 Å². The molecular formula is C40H44N2S2. The van der Waals surface area contributed by atoms with Gasteiger partial charge in [0.05, 0.1) is 0 Å². The summed E-state index contributed by atoms with van der Waals surface area (Å²) in [4.78, 5) is 2.65. The van der Waals surface area contributed by atoms with E-state index in [1.165, 1.54) is 43.2 Å². The van der Waals surface area contributed by atoms with Gasteiger partial charge >= 0.3 is 0 Å². The van der Waals surface area contributed by atoms with Crippen LogP contribution in [0, 0.1) is 13.8 Å². The number of thioether (sulfide) groups is 2. The van der Waals surface area contributed by atoms with Crippen molar-refractivity contribution >= 4 is 23.5 Å². The van der Waals surface area contributed by atoms with Crippen LogP contribution in [0.25, 0.3) is 0 Å². The minimum atomic E-state index is 0.362. The predicted molar refractivity (Wildman–Crippen MR) is 192 cm³/mol. The summed E-state index contributed by atoms with van der Waals surface area (Å²) in [6, 6.07) is 49.1. The summed E-state index contributed by atoms with van der Waals surface area (Å²) < 4.78 is 0. The van der Waals surface area contributed by atoms with Crippen LogP contribution < -0.4 is 10.6 Å². The van der Waals surface area contributed by atoms with Gasteiger partial charge in [0.1, 0.15) is 0 Å². The van der Waals surface area contributed by atoms with Crippen molar-refractivity contribution in [1.82, 2.24) is 10.6 Å². The van der Waals surface area contributed by atoms with Crippen LogP contribution in [0.5, 0.6) is 0 Å². The van der Waals surface area contributed by atoms with Crippen molar-refractivity contribution < 1.29 is 0 Å². The number of rotatable bonds is 16. The number of hydrogen-bond acceptors (Lipinski definition) is 4. The number of hydrogen-bond donors (Lipinski definition) is 2. The van der Waals surface area contributed by atoms with Crippen LogP contribution in [0.4, 0.5) is 0 Å². The highest BCUT2D eigenvalue weighted by Crippen LogP contribution is 2.23. The molecule has 0 bridgehead atoms. The quantitative estimate of drug-likeness (QED) is 0.108. The van der Waals surface area contributed by atoms with E-state index >= 15 is 0 Å². The van der Waals surface area contributed by atoms with Gasteiger partial charge in [-0.2, -0.15) is 0 Å². The summed E-state index contributed by atoms with van der Waals surface area (Å²) in [5.74, 6) is 2.04. The van der Waals surface area contributed by atoms with E-state index in [1.54, 1.807) is 0 Å². The van der Waals surface area contributed by atoms with Crippen molar-refractivity contribution in [3.63, 3.8) is 0 Å². The molecule has 0 unspecified atom stereocenters. The summed E-state index contributed by atoms with van der Waals surface area (Å²) in [7, 11) is 0. The molecule has 0 aliphatic heterocycles. The molecule has 5 aromatic carbocycles. The molecule has 0 spiro atoms. The monoisotopic (exact) mass is 616 g/mol. The Morgan fingerprint density at radius 1 is 0.455 bits per heavy atom. The molecular weight excluding hydrogens is 573 g/mol. The van der Waals surface area contributed by atoms with Gasteiger partial charge < -0.3 is 10.6 Å². The Morgan fingerprint density at radius 3 is 1.20 bits per heavy atom. The van der Waals surface area contributed by atoms with Gasteiger partial charge in [-0.05, 0) is 73.2 Å². The first-order valence-corrected chi connectivity index (χ1v) is 17.6. The van der Waals surface area contributed by atoms with E-state index in [9.17, 15) is 0 Å². The Bertz CT molecular complexity index is 1400. The Labute approximate surface area is 273 Å². The first-order valence-electron chi connectivity index (χ1n) is 15.6. The van der Waals surface area contributed by atoms with Crippen molar-refractivity contribution in [3.05, 3.63) is 167 Å². The van der Waals surface area contributed by atoms with Crippen molar-refractivity contribution in [3.8, 4) is 0 Å². The summed E-state index contributed by atoms with van der Waals surface area (Å²) in [6.07, 6.45) is 2.02. The minimum Gasteiger partial charge on any atom is -0.309 e. The standard InChI is InChI=1S/C40H44N2S2/c1-31-17-21-39(22-18-31)43-29-37(25-33-11-5-3-6-12-33)41-27-35-15-9-10-16-36(35)28-42-38(26-34-13-7-4-8-14-34)30-44-40-23-19-32(2)20-24-40/h3-24,37-38,41-42H,25-30H2,1-2H3/t37-,38-/m0/s1. The number of aryl methyl sites for hydroxylation is 2. The van der Waals surface area contributed by atoms with Gasteiger partial charge in [-0.1, -0.05) is 120 Å². The minimum absolute atomic E-state index is 0.362. The highest BCUT2D eigenvalue weighted by molar-refractivity contribution is 7.99. The Hall–Kier alpha value is -3.28. The maximum atomic E-state index is 3.93. The van der Waals surface area contributed by atoms with Crippen molar-refractivity contribution in [1.29, 1.82) is 0 Å². The molecule has 226 valence electrons. The maximum absolute atomic E-state index is 3.93. The van der Waals surface area contributed by atoms with Crippen LogP contribution in [0.2, 0.25) is 0 Å². The van der Waals surface area contributed by atoms with Crippen molar-refractivity contribution in [2.24, 2.45) is 0 Å². The van der Waals surface area contributed by atoms with Crippen LogP contribution in [0.3, 0.4) is 0 Å². The maximum Gasteiger partial charge on any atom is 0.0211 e. The third kappa shape index (κ3) is 10.7. The van der Waals surface area contributed by atoms with Gasteiger partial charge in [0.15, 0.2) is 0 Å². The van der Waals surface area contributed by atoms with Gasteiger partial charge in [-0.3, -0.25) is 0 Å². The normalized spacial score (nSPS) is 12.6. The van der Waals surface area contributed by atoms with Crippen LogP contribution in [-0.2, 0) is 25.9 Å². The molecule has 0 saturated heterocycles. The second-order valence-corrected chi connectivity index (χ2v) is 13.7. The first kappa shape index (κ1) is 32.1. The average Bonchev–Trinajstić information content (AvgIpc) is 3.06. The Balaban J connectivity index is 1.23. The SMILES string of the molecule is Cc1ccc(SC[C@H](Cc2ccccc2)NCc2ccccc2CN[C@H](CSc2ccc(C)cc2)Cc2ccccc2)cc1. The van der Waals surface area contributed by atoms with E-state index in [1.807, 2.05) is 23.5 Å². The smallest absolute Gasteiger partial charge is 0.0211 e. The molecule has 5 aromatic rings. The number of nitrogens with one attached hydrogen (secondary N) is 2. The van der Waals surface area contributed by atoms with Crippen molar-refractivity contribution in [2.75, 3.05) is 11.5 Å². The lowest BCUT2D eigenvalue weighted by molar-refractivity contribution is 0.535. The first-order chi connectivity index (χ1) is 21.6.